The van der Waals surface area contributed by atoms with Crippen LogP contribution in [0.2, 0.25) is 0 Å². The summed E-state index contributed by atoms with van der Waals surface area (Å²) in [7, 11) is 2.18. The molecule has 6 atom stereocenters. The minimum atomic E-state index is -0.0477. The Kier molecular flexibility index (Phi) is 6.48. The van der Waals surface area contributed by atoms with Gasteiger partial charge in [-0.3, -0.25) is 9.59 Å². The lowest BCUT2D eigenvalue weighted by atomic mass is 9.49. The molecule has 1 heterocycles. The second-order valence-corrected chi connectivity index (χ2v) is 15.6. The highest BCUT2D eigenvalue weighted by Crippen LogP contribution is 2.65. The summed E-state index contributed by atoms with van der Waals surface area (Å²) in [6.45, 7) is 19.2. The van der Waals surface area contributed by atoms with Crippen molar-refractivity contribution in [2.45, 2.75) is 105 Å². The Morgan fingerprint density at radius 3 is 2.34 bits per heavy atom. The molecule has 0 bridgehead atoms. The second kappa shape index (κ2) is 8.96. The first kappa shape index (κ1) is 27.5. The molecule has 3 aliphatic carbocycles. The van der Waals surface area contributed by atoms with Crippen molar-refractivity contribution in [1.29, 1.82) is 0 Å². The number of likely N-dealkylation sites (tertiary alicyclic amines) is 1. The molecule has 2 saturated carbocycles. The summed E-state index contributed by atoms with van der Waals surface area (Å²) in [6, 6.07) is 6.67. The third-order valence-corrected chi connectivity index (χ3v) is 11.2. The molecule has 4 heteroatoms. The Bertz CT molecular complexity index is 1170. The van der Waals surface area contributed by atoms with Crippen LogP contribution >= 0.6 is 0 Å². The van der Waals surface area contributed by atoms with Crippen molar-refractivity contribution < 1.29 is 9.59 Å². The van der Waals surface area contributed by atoms with Gasteiger partial charge in [-0.1, -0.05) is 67.5 Å². The summed E-state index contributed by atoms with van der Waals surface area (Å²) >= 11 is 0. The molecule has 5 unspecified atom stereocenters. The molecule has 3 fully saturated rings. The number of fused-ring (bicyclic) bond motifs is 5. The molecular formula is C34H50N2O2. The van der Waals surface area contributed by atoms with Crippen molar-refractivity contribution in [2.75, 3.05) is 18.9 Å². The number of allylic oxidation sites excluding steroid dienone is 2. The normalized spacial score (nSPS) is 35.2. The summed E-state index contributed by atoms with van der Waals surface area (Å²) < 4.78 is 0. The molecule has 1 amide bonds. The SMILES string of the molecule is CN1CC2C(CC[C@]3(C)C(C(=O)Nc4cc(C(C)(C)C)ccc4C(C)(C)C)CCC23)C2(C)CCC(=O)C=C12. The first-order valence-corrected chi connectivity index (χ1v) is 15.0. The van der Waals surface area contributed by atoms with E-state index in [1.165, 1.54) is 16.8 Å². The third kappa shape index (κ3) is 4.34. The fraction of sp³-hybridized carbons (Fsp3) is 0.706. The molecule has 38 heavy (non-hydrogen) atoms. The number of rotatable bonds is 2. The van der Waals surface area contributed by atoms with Gasteiger partial charge in [0, 0.05) is 48.8 Å². The fourth-order valence-electron chi connectivity index (χ4n) is 8.99. The van der Waals surface area contributed by atoms with Gasteiger partial charge in [0.25, 0.3) is 0 Å². The maximum absolute atomic E-state index is 14.1. The van der Waals surface area contributed by atoms with E-state index in [4.69, 9.17) is 0 Å². The van der Waals surface area contributed by atoms with E-state index < -0.39 is 0 Å². The summed E-state index contributed by atoms with van der Waals surface area (Å²) in [5, 5.41) is 3.47. The molecule has 0 aromatic heterocycles. The van der Waals surface area contributed by atoms with Crippen LogP contribution in [-0.4, -0.2) is 30.2 Å². The van der Waals surface area contributed by atoms with Crippen LogP contribution in [0.4, 0.5) is 5.69 Å². The van der Waals surface area contributed by atoms with E-state index in [-0.39, 0.29) is 39.3 Å². The van der Waals surface area contributed by atoms with Crippen LogP contribution < -0.4 is 5.32 Å². The highest BCUT2D eigenvalue weighted by atomic mass is 16.2. The number of carbonyl (C=O) groups excluding carboxylic acids is 2. The Labute approximate surface area is 231 Å². The zero-order valence-corrected chi connectivity index (χ0v) is 25.3. The van der Waals surface area contributed by atoms with E-state index in [2.05, 4.69) is 90.9 Å². The number of hydrogen-bond donors (Lipinski definition) is 1. The van der Waals surface area contributed by atoms with Gasteiger partial charge in [-0.05, 0) is 83.3 Å². The summed E-state index contributed by atoms with van der Waals surface area (Å²) in [6.07, 6.45) is 7.95. The highest BCUT2D eigenvalue weighted by Gasteiger charge is 2.61. The number of ketones is 1. The fourth-order valence-corrected chi connectivity index (χ4v) is 8.99. The molecule has 4 aliphatic rings. The molecular weight excluding hydrogens is 468 g/mol. The van der Waals surface area contributed by atoms with Crippen LogP contribution in [0.3, 0.4) is 0 Å². The van der Waals surface area contributed by atoms with Crippen LogP contribution in [0.1, 0.15) is 105 Å². The monoisotopic (exact) mass is 518 g/mol. The topological polar surface area (TPSA) is 49.4 Å². The zero-order chi connectivity index (χ0) is 27.8. The maximum atomic E-state index is 14.1. The number of amides is 1. The van der Waals surface area contributed by atoms with Crippen LogP contribution in [0, 0.1) is 34.5 Å². The van der Waals surface area contributed by atoms with E-state index in [0.717, 1.165) is 44.3 Å². The summed E-state index contributed by atoms with van der Waals surface area (Å²) in [5.74, 6) is 2.28. The number of benzene rings is 1. The first-order valence-electron chi connectivity index (χ1n) is 15.0. The van der Waals surface area contributed by atoms with Gasteiger partial charge in [0.15, 0.2) is 5.78 Å². The number of hydrogen-bond acceptors (Lipinski definition) is 3. The number of nitrogens with zero attached hydrogens (tertiary/aromatic N) is 1. The molecule has 1 saturated heterocycles. The van der Waals surface area contributed by atoms with E-state index in [9.17, 15) is 9.59 Å². The van der Waals surface area contributed by atoms with Gasteiger partial charge in [0.2, 0.25) is 5.91 Å². The Hall–Kier alpha value is -2.10. The average Bonchev–Trinajstić information content (AvgIpc) is 3.16. The molecule has 0 spiro atoms. The van der Waals surface area contributed by atoms with Crippen LogP contribution in [0.15, 0.2) is 30.0 Å². The van der Waals surface area contributed by atoms with Gasteiger partial charge in [0.05, 0.1) is 0 Å². The zero-order valence-electron chi connectivity index (χ0n) is 25.3. The van der Waals surface area contributed by atoms with Crippen molar-refractivity contribution in [2.24, 2.45) is 34.5 Å². The Morgan fingerprint density at radius 1 is 0.974 bits per heavy atom. The number of nitrogens with one attached hydrogen (secondary N) is 1. The molecule has 1 N–H and O–H groups in total. The van der Waals surface area contributed by atoms with Crippen LogP contribution in [0.25, 0.3) is 0 Å². The van der Waals surface area contributed by atoms with Crippen LogP contribution in [0.5, 0.6) is 0 Å². The van der Waals surface area contributed by atoms with Gasteiger partial charge in [-0.15, -0.1) is 0 Å². The van der Waals surface area contributed by atoms with Gasteiger partial charge >= 0.3 is 0 Å². The van der Waals surface area contributed by atoms with E-state index in [0.29, 0.717) is 24.2 Å². The highest BCUT2D eigenvalue weighted by molar-refractivity contribution is 5.94. The lowest BCUT2D eigenvalue weighted by Crippen LogP contribution is -2.57. The Morgan fingerprint density at radius 2 is 1.68 bits per heavy atom. The minimum Gasteiger partial charge on any atom is -0.377 e. The largest absolute Gasteiger partial charge is 0.377 e. The van der Waals surface area contributed by atoms with Gasteiger partial charge in [0.1, 0.15) is 0 Å². The van der Waals surface area contributed by atoms with Gasteiger partial charge in [-0.25, -0.2) is 0 Å². The van der Waals surface area contributed by atoms with Gasteiger partial charge in [-0.2, -0.15) is 0 Å². The van der Waals surface area contributed by atoms with E-state index in [1.807, 2.05) is 6.08 Å². The lowest BCUT2D eigenvalue weighted by Gasteiger charge is -2.60. The molecule has 1 aromatic carbocycles. The van der Waals surface area contributed by atoms with Crippen molar-refractivity contribution >= 4 is 17.4 Å². The summed E-state index contributed by atoms with van der Waals surface area (Å²) in [5.41, 5.74) is 4.80. The van der Waals surface area contributed by atoms with Crippen molar-refractivity contribution in [3.05, 3.63) is 41.1 Å². The quantitative estimate of drug-likeness (QED) is 0.442. The molecule has 5 rings (SSSR count). The first-order chi connectivity index (χ1) is 17.6. The standard InChI is InChI=1S/C34H50N2O2/c1-31(2,3)21-10-11-26(32(4,5)6)28(18-21)35-30(38)27-13-12-24-23-20-36(9)29-19-22(37)14-16-34(29,8)25(23)15-17-33(24,27)7/h10-11,18-19,23-25,27H,12-17,20H2,1-9H3,(H,35,38)/t23?,24?,25?,27?,33-,34?/m0/s1. The summed E-state index contributed by atoms with van der Waals surface area (Å²) in [4.78, 5) is 28.8. The van der Waals surface area contributed by atoms with E-state index >= 15 is 0 Å². The number of anilines is 1. The molecule has 1 aromatic rings. The lowest BCUT2D eigenvalue weighted by molar-refractivity contribution is -0.129. The Balaban J connectivity index is 1.42. The smallest absolute Gasteiger partial charge is 0.228 e. The third-order valence-electron chi connectivity index (χ3n) is 11.2. The molecule has 1 aliphatic heterocycles. The maximum Gasteiger partial charge on any atom is 0.228 e. The molecule has 208 valence electrons. The molecule has 0 radical (unpaired) electrons. The van der Waals surface area contributed by atoms with Gasteiger partial charge < -0.3 is 10.2 Å². The number of piperidine rings is 1. The minimum absolute atomic E-state index is 0.0255. The van der Waals surface area contributed by atoms with Crippen molar-refractivity contribution in [3.8, 4) is 0 Å². The average molecular weight is 519 g/mol. The second-order valence-electron chi connectivity index (χ2n) is 15.6. The van der Waals surface area contributed by atoms with Crippen molar-refractivity contribution in [1.82, 2.24) is 4.90 Å². The predicted molar refractivity (Wildman–Crippen MR) is 156 cm³/mol. The van der Waals surface area contributed by atoms with E-state index in [1.54, 1.807) is 0 Å². The predicted octanol–water partition coefficient (Wildman–Crippen LogP) is 7.48. The number of carbonyl (C=O) groups is 2. The van der Waals surface area contributed by atoms with Crippen LogP contribution in [-0.2, 0) is 20.4 Å². The van der Waals surface area contributed by atoms with Crippen molar-refractivity contribution in [3.63, 3.8) is 0 Å². The molecule has 4 nitrogen and oxygen atoms in total.